The van der Waals surface area contributed by atoms with Gasteiger partial charge in [-0.1, -0.05) is 18.8 Å². The van der Waals surface area contributed by atoms with E-state index >= 15 is 0 Å². The van der Waals surface area contributed by atoms with E-state index in [-0.39, 0.29) is 6.04 Å². The molecule has 1 unspecified atom stereocenters. The van der Waals surface area contributed by atoms with Gasteiger partial charge >= 0.3 is 0 Å². The zero-order valence-electron chi connectivity index (χ0n) is 7.42. The van der Waals surface area contributed by atoms with Gasteiger partial charge in [0.05, 0.1) is 10.9 Å². The zero-order valence-corrected chi connectivity index (χ0v) is 8.24. The van der Waals surface area contributed by atoms with E-state index in [0.717, 1.165) is 11.3 Å². The third-order valence-electron chi connectivity index (χ3n) is 1.67. The Morgan fingerprint density at radius 3 is 2.92 bits per heavy atom. The van der Waals surface area contributed by atoms with E-state index in [9.17, 15) is 0 Å². The van der Waals surface area contributed by atoms with Crippen LogP contribution in [0.15, 0.2) is 11.4 Å². The first kappa shape index (κ1) is 9.31. The van der Waals surface area contributed by atoms with E-state index in [1.165, 1.54) is 5.56 Å². The van der Waals surface area contributed by atoms with Gasteiger partial charge in [0.1, 0.15) is 0 Å². The molecule has 1 atom stereocenters. The second-order valence-electron chi connectivity index (χ2n) is 2.72. The summed E-state index contributed by atoms with van der Waals surface area (Å²) in [4.78, 5) is 1.14. The Morgan fingerprint density at radius 1 is 1.67 bits per heavy atom. The molecule has 2 N–H and O–H groups in total. The van der Waals surface area contributed by atoms with Crippen molar-refractivity contribution in [1.82, 2.24) is 0 Å². The smallest absolute Gasteiger partial charge is 0.0798 e. The molecule has 2 heteroatoms. The molecule has 1 heterocycles. The molecule has 0 aliphatic heterocycles. The normalized spacial score (nSPS) is 11.9. The van der Waals surface area contributed by atoms with Crippen molar-refractivity contribution in [1.29, 1.82) is 0 Å². The van der Waals surface area contributed by atoms with Gasteiger partial charge in [-0.25, -0.2) is 0 Å². The minimum Gasteiger partial charge on any atom is -0.318 e. The number of aryl methyl sites for hydroxylation is 1. The highest BCUT2D eigenvalue weighted by molar-refractivity contribution is 7.10. The summed E-state index contributed by atoms with van der Waals surface area (Å²) in [6.45, 7) is 4.11. The van der Waals surface area contributed by atoms with Gasteiger partial charge in [0.2, 0.25) is 0 Å². The molecule has 1 aromatic rings. The van der Waals surface area contributed by atoms with Crippen LogP contribution in [0.3, 0.4) is 0 Å². The molecule has 12 heavy (non-hydrogen) atoms. The van der Waals surface area contributed by atoms with Crippen LogP contribution in [0.4, 0.5) is 0 Å². The van der Waals surface area contributed by atoms with Crippen molar-refractivity contribution in [3.05, 3.63) is 21.9 Å². The largest absolute Gasteiger partial charge is 0.318 e. The SMILES string of the molecule is CCC(N)C#Cc1sccc1C. The van der Waals surface area contributed by atoms with Crippen LogP contribution < -0.4 is 5.73 Å². The summed E-state index contributed by atoms with van der Waals surface area (Å²) < 4.78 is 0. The Bertz CT molecular complexity index is 303. The minimum absolute atomic E-state index is 0.0199. The summed E-state index contributed by atoms with van der Waals surface area (Å²) >= 11 is 1.67. The molecule has 64 valence electrons. The second-order valence-corrected chi connectivity index (χ2v) is 3.63. The van der Waals surface area contributed by atoms with E-state index < -0.39 is 0 Å². The molecule has 0 aromatic carbocycles. The average molecular weight is 179 g/mol. The van der Waals surface area contributed by atoms with Gasteiger partial charge in [0.25, 0.3) is 0 Å². The monoisotopic (exact) mass is 179 g/mol. The van der Waals surface area contributed by atoms with E-state index in [4.69, 9.17) is 5.73 Å². The van der Waals surface area contributed by atoms with Crippen LogP contribution in [-0.4, -0.2) is 6.04 Å². The molecule has 0 radical (unpaired) electrons. The summed E-state index contributed by atoms with van der Waals surface area (Å²) in [5.74, 6) is 6.10. The van der Waals surface area contributed by atoms with Gasteiger partial charge in [-0.15, -0.1) is 11.3 Å². The third-order valence-corrected chi connectivity index (χ3v) is 2.60. The van der Waals surface area contributed by atoms with Crippen LogP contribution in [0.2, 0.25) is 0 Å². The quantitative estimate of drug-likeness (QED) is 0.657. The summed E-state index contributed by atoms with van der Waals surface area (Å²) in [7, 11) is 0. The lowest BCUT2D eigenvalue weighted by Gasteiger charge is -1.94. The van der Waals surface area contributed by atoms with Crippen LogP contribution in [0, 0.1) is 18.8 Å². The molecule has 0 saturated carbocycles. The summed E-state index contributed by atoms with van der Waals surface area (Å²) in [5, 5.41) is 2.05. The standard InChI is InChI=1S/C10H13NS/c1-3-9(11)4-5-10-8(2)6-7-12-10/h6-7,9H,3,11H2,1-2H3. The molecular weight excluding hydrogens is 166 g/mol. The predicted molar refractivity (Wildman–Crippen MR) is 54.2 cm³/mol. The fourth-order valence-electron chi connectivity index (χ4n) is 0.761. The van der Waals surface area contributed by atoms with Crippen molar-refractivity contribution >= 4 is 11.3 Å². The Hall–Kier alpha value is -0.780. The lowest BCUT2D eigenvalue weighted by molar-refractivity contribution is 0.806. The molecule has 0 fully saturated rings. The van der Waals surface area contributed by atoms with Gasteiger partial charge in [0.15, 0.2) is 0 Å². The first-order valence-corrected chi connectivity index (χ1v) is 4.93. The van der Waals surface area contributed by atoms with E-state index in [1.54, 1.807) is 11.3 Å². The van der Waals surface area contributed by atoms with Gasteiger partial charge < -0.3 is 5.73 Å². The predicted octanol–water partition coefficient (Wildman–Crippen LogP) is 2.15. The van der Waals surface area contributed by atoms with Crippen LogP contribution in [-0.2, 0) is 0 Å². The lowest BCUT2D eigenvalue weighted by atomic mass is 10.2. The molecule has 1 nitrogen and oxygen atoms in total. The molecule has 0 bridgehead atoms. The fraction of sp³-hybridized carbons (Fsp3) is 0.400. The molecule has 0 aliphatic rings. The Morgan fingerprint density at radius 2 is 2.42 bits per heavy atom. The Labute approximate surface area is 77.6 Å². The highest BCUT2D eigenvalue weighted by Crippen LogP contribution is 2.13. The number of hydrogen-bond donors (Lipinski definition) is 1. The number of hydrogen-bond acceptors (Lipinski definition) is 2. The lowest BCUT2D eigenvalue weighted by Crippen LogP contribution is -2.15. The van der Waals surface area contributed by atoms with Crippen molar-refractivity contribution in [2.24, 2.45) is 5.73 Å². The van der Waals surface area contributed by atoms with Gasteiger partial charge in [-0.05, 0) is 30.4 Å². The van der Waals surface area contributed by atoms with Crippen molar-refractivity contribution in [3.63, 3.8) is 0 Å². The van der Waals surface area contributed by atoms with Crippen molar-refractivity contribution in [2.75, 3.05) is 0 Å². The zero-order chi connectivity index (χ0) is 8.97. The molecule has 0 amide bonds. The molecule has 0 spiro atoms. The number of rotatable bonds is 1. The van der Waals surface area contributed by atoms with Crippen LogP contribution >= 0.6 is 11.3 Å². The first-order chi connectivity index (χ1) is 5.74. The van der Waals surface area contributed by atoms with Crippen LogP contribution in [0.1, 0.15) is 23.8 Å². The third kappa shape index (κ3) is 2.37. The van der Waals surface area contributed by atoms with Gasteiger partial charge in [0, 0.05) is 0 Å². The summed E-state index contributed by atoms with van der Waals surface area (Å²) in [5.41, 5.74) is 6.92. The number of thiophene rings is 1. The second kappa shape index (κ2) is 4.30. The molecule has 0 saturated heterocycles. The maximum Gasteiger partial charge on any atom is 0.0798 e. The minimum atomic E-state index is 0.0199. The highest BCUT2D eigenvalue weighted by Gasteiger charge is 1.94. The average Bonchev–Trinajstić information content (AvgIpc) is 2.47. The Balaban J connectivity index is 2.72. The maximum absolute atomic E-state index is 5.67. The van der Waals surface area contributed by atoms with E-state index in [0.29, 0.717) is 0 Å². The van der Waals surface area contributed by atoms with Crippen LogP contribution in [0.5, 0.6) is 0 Å². The molecule has 1 rings (SSSR count). The molecule has 1 aromatic heterocycles. The van der Waals surface area contributed by atoms with Gasteiger partial charge in [-0.3, -0.25) is 0 Å². The molecule has 0 aliphatic carbocycles. The topological polar surface area (TPSA) is 26.0 Å². The highest BCUT2D eigenvalue weighted by atomic mass is 32.1. The summed E-state index contributed by atoms with van der Waals surface area (Å²) in [6, 6.07) is 2.10. The Kier molecular flexibility index (Phi) is 3.33. The van der Waals surface area contributed by atoms with Gasteiger partial charge in [-0.2, -0.15) is 0 Å². The van der Waals surface area contributed by atoms with Crippen molar-refractivity contribution < 1.29 is 0 Å². The van der Waals surface area contributed by atoms with E-state index in [2.05, 4.69) is 30.2 Å². The summed E-state index contributed by atoms with van der Waals surface area (Å²) in [6.07, 6.45) is 0.914. The van der Waals surface area contributed by atoms with E-state index in [1.807, 2.05) is 6.92 Å². The first-order valence-electron chi connectivity index (χ1n) is 4.05. The molecular formula is C10H13NS. The van der Waals surface area contributed by atoms with Crippen molar-refractivity contribution in [2.45, 2.75) is 26.3 Å². The fourth-order valence-corrected chi connectivity index (χ4v) is 1.54. The number of nitrogens with two attached hydrogens (primary N) is 1. The van der Waals surface area contributed by atoms with Crippen LogP contribution in [0.25, 0.3) is 0 Å². The maximum atomic E-state index is 5.67. The van der Waals surface area contributed by atoms with Crippen molar-refractivity contribution in [3.8, 4) is 11.8 Å².